The molecule has 0 unspecified atom stereocenters. The van der Waals surface area contributed by atoms with Gasteiger partial charge >= 0.3 is 6.18 Å². The number of hydrogen-bond donors (Lipinski definition) is 1. The van der Waals surface area contributed by atoms with E-state index in [9.17, 15) is 26.4 Å². The number of halogens is 4. The molecule has 0 atom stereocenters. The fraction of sp³-hybridized carbons (Fsp3) is 0.188. The molecule has 11 heteroatoms. The van der Waals surface area contributed by atoms with E-state index >= 15 is 0 Å². The molecule has 0 radical (unpaired) electrons. The second-order valence-corrected chi connectivity index (χ2v) is 7.40. The van der Waals surface area contributed by atoms with Gasteiger partial charge in [-0.15, -0.1) is 0 Å². The minimum absolute atomic E-state index is 0.0121. The van der Waals surface area contributed by atoms with E-state index in [1.165, 1.54) is 26.3 Å². The Morgan fingerprint density at radius 3 is 2.44 bits per heavy atom. The zero-order valence-electron chi connectivity index (χ0n) is 14.0. The van der Waals surface area contributed by atoms with E-state index in [-0.39, 0.29) is 21.2 Å². The van der Waals surface area contributed by atoms with E-state index in [0.29, 0.717) is 6.07 Å². The summed E-state index contributed by atoms with van der Waals surface area (Å²) in [5, 5.41) is 0.833. The second-order valence-electron chi connectivity index (χ2n) is 5.31. The van der Waals surface area contributed by atoms with Crippen LogP contribution in [0.2, 0.25) is 5.02 Å². The molecule has 0 spiro atoms. The molecule has 0 aliphatic rings. The predicted octanol–water partition coefficient (Wildman–Crippen LogP) is 3.79. The van der Waals surface area contributed by atoms with Crippen LogP contribution in [0.4, 0.5) is 18.9 Å². The molecule has 0 bridgehead atoms. The Labute approximate surface area is 158 Å². The lowest BCUT2D eigenvalue weighted by atomic mass is 10.2. The van der Waals surface area contributed by atoms with Crippen LogP contribution in [-0.2, 0) is 21.0 Å². The summed E-state index contributed by atoms with van der Waals surface area (Å²) >= 11 is 5.93. The van der Waals surface area contributed by atoms with E-state index in [4.69, 9.17) is 16.4 Å². The average molecular weight is 423 g/mol. The molecule has 2 aromatic rings. The van der Waals surface area contributed by atoms with Crippen molar-refractivity contribution < 1.29 is 31.2 Å². The highest BCUT2D eigenvalue weighted by Gasteiger charge is 2.31. The third kappa shape index (κ3) is 4.90. The molecule has 146 valence electrons. The van der Waals surface area contributed by atoms with Crippen LogP contribution < -0.4 is 4.72 Å². The lowest BCUT2D eigenvalue weighted by molar-refractivity contribution is -0.137. The first kappa shape index (κ1) is 21.0. The summed E-state index contributed by atoms with van der Waals surface area (Å²) in [6, 6.07) is 7.06. The Bertz CT molecular complexity index is 964. The van der Waals surface area contributed by atoms with Crippen LogP contribution in [0.3, 0.4) is 0 Å². The summed E-state index contributed by atoms with van der Waals surface area (Å²) in [5.74, 6) is -0.696. The number of hydrogen-bond acceptors (Lipinski definition) is 4. The van der Waals surface area contributed by atoms with Crippen molar-refractivity contribution >= 4 is 33.2 Å². The van der Waals surface area contributed by atoms with Crippen LogP contribution in [0, 0.1) is 0 Å². The van der Waals surface area contributed by atoms with Gasteiger partial charge in [-0.2, -0.15) is 13.2 Å². The Morgan fingerprint density at radius 2 is 1.85 bits per heavy atom. The van der Waals surface area contributed by atoms with Gasteiger partial charge in [0.25, 0.3) is 15.9 Å². The molecular formula is C16H14ClF3N2O4S. The van der Waals surface area contributed by atoms with Gasteiger partial charge in [0, 0.05) is 12.7 Å². The standard InChI is InChI=1S/C16H14ClF3N2O4S/c1-22(26-2)15(23)13-9-12(6-7-14(13)17)27(24,25)21-11-5-3-4-10(8-11)16(18,19)20/h3-9,21H,1-2H3. The number of carbonyl (C=O) groups is 1. The van der Waals surface area contributed by atoms with Crippen molar-refractivity contribution in [2.24, 2.45) is 0 Å². The molecule has 0 aromatic heterocycles. The molecule has 2 rings (SSSR count). The summed E-state index contributed by atoms with van der Waals surface area (Å²) in [4.78, 5) is 16.6. The van der Waals surface area contributed by atoms with E-state index in [1.54, 1.807) is 0 Å². The maximum atomic E-state index is 12.8. The summed E-state index contributed by atoms with van der Waals surface area (Å²) < 4.78 is 65.4. The number of nitrogens with one attached hydrogen (secondary N) is 1. The molecule has 1 amide bonds. The van der Waals surface area contributed by atoms with Crippen LogP contribution in [-0.4, -0.2) is 33.5 Å². The van der Waals surface area contributed by atoms with Crippen LogP contribution in [0.1, 0.15) is 15.9 Å². The monoisotopic (exact) mass is 422 g/mol. The fourth-order valence-corrected chi connectivity index (χ4v) is 3.33. The van der Waals surface area contributed by atoms with Crippen molar-refractivity contribution in [3.8, 4) is 0 Å². The third-order valence-electron chi connectivity index (χ3n) is 3.48. The Hall–Kier alpha value is -2.30. The van der Waals surface area contributed by atoms with Gasteiger partial charge in [-0.1, -0.05) is 17.7 Å². The van der Waals surface area contributed by atoms with Crippen molar-refractivity contribution in [1.29, 1.82) is 0 Å². The molecule has 0 saturated heterocycles. The number of nitrogens with zero attached hydrogens (tertiary/aromatic N) is 1. The molecule has 0 heterocycles. The lowest BCUT2D eigenvalue weighted by Crippen LogP contribution is -2.26. The Balaban J connectivity index is 2.39. The smallest absolute Gasteiger partial charge is 0.280 e. The van der Waals surface area contributed by atoms with Crippen molar-refractivity contribution in [2.45, 2.75) is 11.1 Å². The average Bonchev–Trinajstić information content (AvgIpc) is 2.59. The number of alkyl halides is 3. The minimum atomic E-state index is -4.62. The third-order valence-corrected chi connectivity index (χ3v) is 5.19. The van der Waals surface area contributed by atoms with Crippen molar-refractivity contribution in [2.75, 3.05) is 18.9 Å². The van der Waals surface area contributed by atoms with E-state index in [0.717, 1.165) is 29.3 Å². The fourth-order valence-electron chi connectivity index (χ4n) is 2.06. The maximum Gasteiger partial charge on any atom is 0.416 e. The van der Waals surface area contributed by atoms with Crippen molar-refractivity contribution in [3.05, 3.63) is 58.6 Å². The van der Waals surface area contributed by atoms with Gasteiger partial charge in [-0.05, 0) is 36.4 Å². The quantitative estimate of drug-likeness (QED) is 0.744. The number of sulfonamides is 1. The van der Waals surface area contributed by atoms with Gasteiger partial charge in [-0.3, -0.25) is 14.4 Å². The number of benzene rings is 2. The maximum absolute atomic E-state index is 12.8. The van der Waals surface area contributed by atoms with Gasteiger partial charge in [-0.25, -0.2) is 13.5 Å². The normalized spacial score (nSPS) is 11.9. The highest BCUT2D eigenvalue weighted by atomic mass is 35.5. The molecule has 1 N–H and O–H groups in total. The molecule has 27 heavy (non-hydrogen) atoms. The molecule has 0 aliphatic heterocycles. The number of carbonyl (C=O) groups excluding carboxylic acids is 1. The predicted molar refractivity (Wildman–Crippen MR) is 92.8 cm³/mol. The minimum Gasteiger partial charge on any atom is -0.280 e. The highest BCUT2D eigenvalue weighted by Crippen LogP contribution is 2.31. The topological polar surface area (TPSA) is 75.7 Å². The molecule has 2 aromatic carbocycles. The van der Waals surface area contributed by atoms with Crippen molar-refractivity contribution in [1.82, 2.24) is 5.06 Å². The van der Waals surface area contributed by atoms with Gasteiger partial charge in [0.2, 0.25) is 0 Å². The molecule has 0 saturated carbocycles. The van der Waals surface area contributed by atoms with Crippen molar-refractivity contribution in [3.63, 3.8) is 0 Å². The number of rotatable bonds is 5. The largest absolute Gasteiger partial charge is 0.416 e. The number of anilines is 1. The van der Waals surface area contributed by atoms with E-state index < -0.39 is 27.7 Å². The summed E-state index contributed by atoms with van der Waals surface area (Å²) in [7, 11) is -1.72. The number of hydroxylamine groups is 2. The molecule has 0 fully saturated rings. The zero-order chi connectivity index (χ0) is 20.4. The van der Waals surface area contributed by atoms with Crippen LogP contribution in [0.5, 0.6) is 0 Å². The SMILES string of the molecule is CON(C)C(=O)c1cc(S(=O)(=O)Nc2cccc(C(F)(F)F)c2)ccc1Cl. The van der Waals surface area contributed by atoms with Crippen LogP contribution in [0.15, 0.2) is 47.4 Å². The lowest BCUT2D eigenvalue weighted by Gasteiger charge is -2.16. The zero-order valence-corrected chi connectivity index (χ0v) is 15.6. The van der Waals surface area contributed by atoms with Crippen LogP contribution in [0.25, 0.3) is 0 Å². The van der Waals surface area contributed by atoms with Gasteiger partial charge in [0.15, 0.2) is 0 Å². The van der Waals surface area contributed by atoms with Gasteiger partial charge in [0.1, 0.15) is 0 Å². The Morgan fingerprint density at radius 1 is 1.19 bits per heavy atom. The second kappa shape index (κ2) is 7.75. The Kier molecular flexibility index (Phi) is 6.03. The summed E-state index contributed by atoms with van der Waals surface area (Å²) in [6.45, 7) is 0. The first-order valence-corrected chi connectivity index (χ1v) is 9.13. The first-order chi connectivity index (χ1) is 12.5. The first-order valence-electron chi connectivity index (χ1n) is 7.27. The van der Waals surface area contributed by atoms with Crippen LogP contribution >= 0.6 is 11.6 Å². The van der Waals surface area contributed by atoms with Gasteiger partial charge < -0.3 is 0 Å². The number of amides is 1. The van der Waals surface area contributed by atoms with E-state index in [2.05, 4.69) is 0 Å². The summed E-state index contributed by atoms with van der Waals surface area (Å²) in [6.07, 6.45) is -4.62. The molecule has 6 nitrogen and oxygen atoms in total. The molecular weight excluding hydrogens is 409 g/mol. The van der Waals surface area contributed by atoms with Gasteiger partial charge in [0.05, 0.1) is 28.2 Å². The highest BCUT2D eigenvalue weighted by molar-refractivity contribution is 7.92. The van der Waals surface area contributed by atoms with E-state index in [1.807, 2.05) is 4.72 Å². The molecule has 0 aliphatic carbocycles. The summed E-state index contributed by atoms with van der Waals surface area (Å²) in [5.41, 5.74) is -1.43.